The van der Waals surface area contributed by atoms with Gasteiger partial charge in [-0.1, -0.05) is 31.9 Å². The summed E-state index contributed by atoms with van der Waals surface area (Å²) in [7, 11) is 1.68. The molecule has 27 heavy (non-hydrogen) atoms. The molecule has 0 saturated carbocycles. The van der Waals surface area contributed by atoms with Crippen LogP contribution in [0.2, 0.25) is 0 Å². The molecule has 7 nitrogen and oxygen atoms in total. The molecule has 0 radical (unpaired) electrons. The molecule has 1 aliphatic heterocycles. The lowest BCUT2D eigenvalue weighted by Crippen LogP contribution is -2.28. The molecule has 3 aromatic rings. The zero-order valence-corrected chi connectivity index (χ0v) is 17.2. The van der Waals surface area contributed by atoms with Crippen molar-refractivity contribution >= 4 is 27.7 Å². The van der Waals surface area contributed by atoms with Gasteiger partial charge in [-0.3, -0.25) is 9.47 Å². The van der Waals surface area contributed by atoms with E-state index < -0.39 is 0 Å². The number of rotatable bonds is 7. The van der Waals surface area contributed by atoms with Gasteiger partial charge in [0.05, 0.1) is 19.3 Å². The van der Waals surface area contributed by atoms with Gasteiger partial charge in [0, 0.05) is 13.0 Å². The summed E-state index contributed by atoms with van der Waals surface area (Å²) >= 11 is 3.47. The molecule has 1 aliphatic rings. The number of fused-ring (bicyclic) bond motifs is 2. The Morgan fingerprint density at radius 3 is 2.74 bits per heavy atom. The number of benzene rings is 1. The average molecular weight is 431 g/mol. The molecule has 0 saturated heterocycles. The number of hydrogen-bond donors (Lipinski definition) is 1. The number of hydrogen-bond acceptors (Lipinski definition) is 5. The standard InChI is InChI=1S/C19H23BrN6O/c1-3-4-5-10-25-17-15(21-18(20)22-17)12-26-16(23-24-19(25)26)11-13-6-8-14(27-2)9-7-13/h6-9H,3-5,10-12H2,1-2H3,(H,21,22). The lowest BCUT2D eigenvalue weighted by Gasteiger charge is -2.27. The SMILES string of the molecule is CCCCCN1c2nc(Br)[nH]c2Cn2c(Cc3ccc(OC)cc3)nnc21. The molecule has 1 N–H and O–H groups in total. The summed E-state index contributed by atoms with van der Waals surface area (Å²) in [5.41, 5.74) is 2.27. The summed E-state index contributed by atoms with van der Waals surface area (Å²) < 4.78 is 8.18. The van der Waals surface area contributed by atoms with E-state index >= 15 is 0 Å². The van der Waals surface area contributed by atoms with Crippen LogP contribution in [0.3, 0.4) is 0 Å². The maximum atomic E-state index is 5.24. The Morgan fingerprint density at radius 2 is 2.00 bits per heavy atom. The van der Waals surface area contributed by atoms with Crippen molar-refractivity contribution in [2.75, 3.05) is 18.6 Å². The van der Waals surface area contributed by atoms with Crippen LogP contribution in [0.5, 0.6) is 5.75 Å². The van der Waals surface area contributed by atoms with Crippen molar-refractivity contribution in [2.24, 2.45) is 0 Å². The fourth-order valence-electron chi connectivity index (χ4n) is 3.43. The molecule has 8 heteroatoms. The van der Waals surface area contributed by atoms with E-state index in [2.05, 4.69) is 64.6 Å². The molecule has 142 valence electrons. The second-order valence-corrected chi connectivity index (χ2v) is 7.47. The third kappa shape index (κ3) is 3.58. The topological polar surface area (TPSA) is 71.9 Å². The number of anilines is 2. The number of nitrogens with zero attached hydrogens (tertiary/aromatic N) is 5. The molecular weight excluding hydrogens is 408 g/mol. The third-order valence-corrected chi connectivity index (χ3v) is 5.23. The van der Waals surface area contributed by atoms with Crippen molar-refractivity contribution < 1.29 is 4.74 Å². The second-order valence-electron chi connectivity index (χ2n) is 6.72. The van der Waals surface area contributed by atoms with Crippen molar-refractivity contribution in [1.82, 2.24) is 24.7 Å². The molecular formula is C19H23BrN6O. The highest BCUT2D eigenvalue weighted by molar-refractivity contribution is 9.10. The number of nitrogens with one attached hydrogen (secondary N) is 1. The van der Waals surface area contributed by atoms with Crippen LogP contribution in [0.25, 0.3) is 0 Å². The Morgan fingerprint density at radius 1 is 1.19 bits per heavy atom. The summed E-state index contributed by atoms with van der Waals surface area (Å²) in [5.74, 6) is 3.64. The molecule has 3 heterocycles. The predicted octanol–water partition coefficient (Wildman–Crippen LogP) is 4.05. The monoisotopic (exact) mass is 430 g/mol. The van der Waals surface area contributed by atoms with Gasteiger partial charge in [-0.15, -0.1) is 10.2 Å². The van der Waals surface area contributed by atoms with E-state index in [4.69, 9.17) is 4.74 Å². The van der Waals surface area contributed by atoms with Crippen molar-refractivity contribution in [3.8, 4) is 5.75 Å². The second kappa shape index (κ2) is 7.72. The minimum atomic E-state index is 0.700. The number of H-pyrrole nitrogens is 1. The maximum absolute atomic E-state index is 5.24. The Labute approximate surface area is 166 Å². The molecule has 0 bridgehead atoms. The van der Waals surface area contributed by atoms with E-state index in [-0.39, 0.29) is 0 Å². The summed E-state index contributed by atoms with van der Waals surface area (Å²) in [4.78, 5) is 10.1. The summed E-state index contributed by atoms with van der Waals surface area (Å²) in [6.07, 6.45) is 4.19. The van der Waals surface area contributed by atoms with Crippen molar-refractivity contribution in [3.63, 3.8) is 0 Å². The lowest BCUT2D eigenvalue weighted by atomic mass is 10.1. The van der Waals surface area contributed by atoms with Gasteiger partial charge in [0.2, 0.25) is 5.95 Å². The molecule has 1 aromatic carbocycles. The van der Waals surface area contributed by atoms with E-state index in [1.54, 1.807) is 7.11 Å². The lowest BCUT2D eigenvalue weighted by molar-refractivity contribution is 0.414. The average Bonchev–Trinajstić information content (AvgIpc) is 3.25. The van der Waals surface area contributed by atoms with Gasteiger partial charge < -0.3 is 9.72 Å². The highest BCUT2D eigenvalue weighted by atomic mass is 79.9. The number of halogens is 1. The van der Waals surface area contributed by atoms with E-state index in [1.165, 1.54) is 18.4 Å². The number of imidazole rings is 1. The number of aromatic amines is 1. The van der Waals surface area contributed by atoms with Crippen LogP contribution in [-0.4, -0.2) is 38.4 Å². The van der Waals surface area contributed by atoms with Gasteiger partial charge in [-0.05, 0) is 40.0 Å². The molecule has 0 fully saturated rings. The zero-order valence-electron chi connectivity index (χ0n) is 15.6. The summed E-state index contributed by atoms with van der Waals surface area (Å²) in [6.45, 7) is 3.80. The predicted molar refractivity (Wildman–Crippen MR) is 108 cm³/mol. The smallest absolute Gasteiger partial charge is 0.233 e. The first kappa shape index (κ1) is 18.0. The van der Waals surface area contributed by atoms with E-state index in [0.29, 0.717) is 6.54 Å². The van der Waals surface area contributed by atoms with Crippen LogP contribution in [0.15, 0.2) is 29.0 Å². The van der Waals surface area contributed by atoms with Gasteiger partial charge in [0.15, 0.2) is 10.6 Å². The molecule has 0 atom stereocenters. The zero-order chi connectivity index (χ0) is 18.8. The van der Waals surface area contributed by atoms with Crippen LogP contribution in [-0.2, 0) is 13.0 Å². The highest BCUT2D eigenvalue weighted by Gasteiger charge is 2.29. The van der Waals surface area contributed by atoms with Gasteiger partial charge in [-0.25, -0.2) is 4.98 Å². The molecule has 0 aliphatic carbocycles. The van der Waals surface area contributed by atoms with E-state index in [0.717, 1.165) is 53.2 Å². The Hall–Kier alpha value is -2.35. The van der Waals surface area contributed by atoms with Gasteiger partial charge in [-0.2, -0.15) is 0 Å². The minimum Gasteiger partial charge on any atom is -0.497 e. The molecule has 2 aromatic heterocycles. The minimum absolute atomic E-state index is 0.700. The number of unbranched alkanes of at least 4 members (excludes halogenated alkanes) is 2. The number of ether oxygens (including phenoxy) is 1. The number of methoxy groups -OCH3 is 1. The first-order chi connectivity index (χ1) is 13.2. The third-order valence-electron chi connectivity index (χ3n) is 4.86. The first-order valence-corrected chi connectivity index (χ1v) is 10.1. The van der Waals surface area contributed by atoms with Crippen molar-refractivity contribution in [3.05, 3.63) is 46.1 Å². The fraction of sp³-hybridized carbons (Fsp3) is 0.421. The summed E-state index contributed by atoms with van der Waals surface area (Å²) in [5, 5.41) is 8.99. The largest absolute Gasteiger partial charge is 0.497 e. The van der Waals surface area contributed by atoms with E-state index in [1.807, 2.05) is 12.1 Å². The quantitative estimate of drug-likeness (QED) is 0.572. The highest BCUT2D eigenvalue weighted by Crippen LogP contribution is 2.34. The maximum Gasteiger partial charge on any atom is 0.233 e. The van der Waals surface area contributed by atoms with Gasteiger partial charge in [0.25, 0.3) is 0 Å². The number of aromatic nitrogens is 5. The van der Waals surface area contributed by atoms with Crippen LogP contribution < -0.4 is 9.64 Å². The van der Waals surface area contributed by atoms with E-state index in [9.17, 15) is 0 Å². The normalized spacial score (nSPS) is 12.8. The molecule has 0 amide bonds. The van der Waals surface area contributed by atoms with Gasteiger partial charge in [0.1, 0.15) is 11.6 Å². The van der Waals surface area contributed by atoms with Crippen molar-refractivity contribution in [1.29, 1.82) is 0 Å². The van der Waals surface area contributed by atoms with Crippen LogP contribution in [0, 0.1) is 0 Å². The summed E-state index contributed by atoms with van der Waals surface area (Å²) in [6, 6.07) is 8.09. The van der Waals surface area contributed by atoms with Crippen LogP contribution in [0.4, 0.5) is 11.8 Å². The van der Waals surface area contributed by atoms with Crippen molar-refractivity contribution in [2.45, 2.75) is 39.2 Å². The van der Waals surface area contributed by atoms with Crippen LogP contribution in [0.1, 0.15) is 43.3 Å². The Kier molecular flexibility index (Phi) is 5.15. The first-order valence-electron chi connectivity index (χ1n) is 9.26. The van der Waals surface area contributed by atoms with Gasteiger partial charge >= 0.3 is 0 Å². The Bertz CT molecular complexity index is 917. The van der Waals surface area contributed by atoms with Crippen LogP contribution >= 0.6 is 15.9 Å². The molecule has 0 unspecified atom stereocenters. The molecule has 4 rings (SSSR count). The fourth-order valence-corrected chi connectivity index (χ4v) is 3.83. The Balaban J connectivity index is 1.63. The molecule has 0 spiro atoms.